The number of aromatic nitrogens is 1. The lowest BCUT2D eigenvalue weighted by molar-refractivity contribution is -0.129. The summed E-state index contributed by atoms with van der Waals surface area (Å²) in [6.07, 6.45) is 1.39. The van der Waals surface area contributed by atoms with Gasteiger partial charge in [-0.25, -0.2) is 0 Å². The molecule has 2 N–H and O–H groups in total. The molecule has 1 saturated heterocycles. The standard InChI is InChI=1S/C13H21N3O2/c1-8(14)11-4-5-16(7-11)13(17)6-12-9(2)15-18-10(12)3/h8,11H,4-7,14H2,1-3H3. The van der Waals surface area contributed by atoms with Crippen LogP contribution in [0.1, 0.15) is 30.4 Å². The molecule has 0 bridgehead atoms. The zero-order valence-corrected chi connectivity index (χ0v) is 11.3. The summed E-state index contributed by atoms with van der Waals surface area (Å²) in [6.45, 7) is 7.31. The van der Waals surface area contributed by atoms with Gasteiger partial charge in [-0.1, -0.05) is 5.16 Å². The Kier molecular flexibility index (Phi) is 3.71. The van der Waals surface area contributed by atoms with Crippen LogP contribution in [0.2, 0.25) is 0 Å². The second-order valence-electron chi connectivity index (χ2n) is 5.23. The lowest BCUT2D eigenvalue weighted by Crippen LogP contribution is -2.33. The third-order valence-corrected chi connectivity index (χ3v) is 3.83. The fourth-order valence-electron chi connectivity index (χ4n) is 2.46. The molecule has 0 aromatic carbocycles. The van der Waals surface area contributed by atoms with Gasteiger partial charge in [0, 0.05) is 24.7 Å². The molecule has 0 radical (unpaired) electrons. The first-order valence-corrected chi connectivity index (χ1v) is 6.44. The van der Waals surface area contributed by atoms with Crippen LogP contribution in [0.3, 0.4) is 0 Å². The predicted octanol–water partition coefficient (Wildman–Crippen LogP) is 1.03. The third-order valence-electron chi connectivity index (χ3n) is 3.83. The highest BCUT2D eigenvalue weighted by Gasteiger charge is 2.29. The molecular weight excluding hydrogens is 230 g/mol. The topological polar surface area (TPSA) is 72.4 Å². The molecule has 1 fully saturated rings. The molecule has 1 aromatic heterocycles. The highest BCUT2D eigenvalue weighted by Crippen LogP contribution is 2.21. The van der Waals surface area contributed by atoms with Gasteiger partial charge in [-0.15, -0.1) is 0 Å². The van der Waals surface area contributed by atoms with Gasteiger partial charge in [0.05, 0.1) is 12.1 Å². The van der Waals surface area contributed by atoms with Crippen molar-refractivity contribution in [2.45, 2.75) is 39.7 Å². The van der Waals surface area contributed by atoms with Gasteiger partial charge in [0.1, 0.15) is 5.76 Å². The van der Waals surface area contributed by atoms with E-state index >= 15 is 0 Å². The van der Waals surface area contributed by atoms with Crippen molar-refractivity contribution in [1.82, 2.24) is 10.1 Å². The Balaban J connectivity index is 1.98. The molecule has 1 aromatic rings. The number of carbonyl (C=O) groups excluding carboxylic acids is 1. The van der Waals surface area contributed by atoms with Gasteiger partial charge in [0.25, 0.3) is 0 Å². The smallest absolute Gasteiger partial charge is 0.227 e. The maximum atomic E-state index is 12.2. The summed E-state index contributed by atoms with van der Waals surface area (Å²) in [6, 6.07) is 0.155. The Morgan fingerprint density at radius 2 is 2.33 bits per heavy atom. The third kappa shape index (κ3) is 2.56. The van der Waals surface area contributed by atoms with Crippen molar-refractivity contribution in [2.24, 2.45) is 11.7 Å². The molecule has 0 spiro atoms. The fraction of sp³-hybridized carbons (Fsp3) is 0.692. The van der Waals surface area contributed by atoms with E-state index in [1.807, 2.05) is 25.7 Å². The van der Waals surface area contributed by atoms with E-state index in [4.69, 9.17) is 10.3 Å². The second-order valence-corrected chi connectivity index (χ2v) is 5.23. The Morgan fingerprint density at radius 3 is 2.83 bits per heavy atom. The second kappa shape index (κ2) is 5.10. The van der Waals surface area contributed by atoms with E-state index < -0.39 is 0 Å². The van der Waals surface area contributed by atoms with E-state index in [-0.39, 0.29) is 11.9 Å². The zero-order valence-electron chi connectivity index (χ0n) is 11.3. The van der Waals surface area contributed by atoms with E-state index in [1.54, 1.807) is 0 Å². The van der Waals surface area contributed by atoms with E-state index in [1.165, 1.54) is 0 Å². The summed E-state index contributed by atoms with van der Waals surface area (Å²) in [5.74, 6) is 1.31. The van der Waals surface area contributed by atoms with Gasteiger partial charge >= 0.3 is 0 Å². The molecule has 1 aliphatic heterocycles. The van der Waals surface area contributed by atoms with Crippen LogP contribution in [-0.2, 0) is 11.2 Å². The minimum atomic E-state index is 0.146. The van der Waals surface area contributed by atoms with Gasteiger partial charge in [-0.05, 0) is 33.1 Å². The number of rotatable bonds is 3. The molecule has 2 rings (SSSR count). The maximum absolute atomic E-state index is 12.2. The maximum Gasteiger partial charge on any atom is 0.227 e. The molecular formula is C13H21N3O2. The van der Waals surface area contributed by atoms with Crippen LogP contribution in [-0.4, -0.2) is 35.1 Å². The largest absolute Gasteiger partial charge is 0.361 e. The molecule has 0 saturated carbocycles. The lowest BCUT2D eigenvalue weighted by Gasteiger charge is -2.18. The number of nitrogens with two attached hydrogens (primary N) is 1. The molecule has 5 nitrogen and oxygen atoms in total. The highest BCUT2D eigenvalue weighted by molar-refractivity contribution is 5.79. The van der Waals surface area contributed by atoms with Crippen molar-refractivity contribution in [2.75, 3.05) is 13.1 Å². The van der Waals surface area contributed by atoms with Gasteiger partial charge in [-0.3, -0.25) is 4.79 Å². The van der Waals surface area contributed by atoms with Crippen LogP contribution in [0.15, 0.2) is 4.52 Å². The van der Waals surface area contributed by atoms with Crippen molar-refractivity contribution >= 4 is 5.91 Å². The number of carbonyl (C=O) groups is 1. The van der Waals surface area contributed by atoms with Gasteiger partial charge in [-0.2, -0.15) is 0 Å². The van der Waals surface area contributed by atoms with Crippen molar-refractivity contribution in [1.29, 1.82) is 0 Å². The summed E-state index contributed by atoms with van der Waals surface area (Å²) in [5, 5.41) is 3.87. The SMILES string of the molecule is Cc1noc(C)c1CC(=O)N1CCC(C(C)N)C1. The number of likely N-dealkylation sites (tertiary alicyclic amines) is 1. The molecule has 5 heteroatoms. The molecule has 1 aliphatic rings. The van der Waals surface area contributed by atoms with Crippen LogP contribution < -0.4 is 5.73 Å². The van der Waals surface area contributed by atoms with Crippen molar-refractivity contribution in [3.8, 4) is 0 Å². The summed E-state index contributed by atoms with van der Waals surface area (Å²) >= 11 is 0. The number of aryl methyl sites for hydroxylation is 2. The van der Waals surface area contributed by atoms with Crippen molar-refractivity contribution < 1.29 is 9.32 Å². The monoisotopic (exact) mass is 251 g/mol. The van der Waals surface area contributed by atoms with Crippen molar-refractivity contribution in [3.63, 3.8) is 0 Å². The highest BCUT2D eigenvalue weighted by atomic mass is 16.5. The number of hydrogen-bond donors (Lipinski definition) is 1. The van der Waals surface area contributed by atoms with Crippen LogP contribution in [0.25, 0.3) is 0 Å². The molecule has 0 aliphatic carbocycles. The average molecular weight is 251 g/mol. The predicted molar refractivity (Wildman–Crippen MR) is 68.0 cm³/mol. The fourth-order valence-corrected chi connectivity index (χ4v) is 2.46. The summed E-state index contributed by atoms with van der Waals surface area (Å²) in [5.41, 5.74) is 7.61. The van der Waals surface area contributed by atoms with Gasteiger partial charge in [0.2, 0.25) is 5.91 Å². The van der Waals surface area contributed by atoms with E-state index in [0.717, 1.165) is 36.5 Å². The minimum absolute atomic E-state index is 0.146. The number of hydrogen-bond acceptors (Lipinski definition) is 4. The quantitative estimate of drug-likeness (QED) is 0.871. The van der Waals surface area contributed by atoms with E-state index in [2.05, 4.69) is 5.16 Å². The van der Waals surface area contributed by atoms with Gasteiger partial charge < -0.3 is 15.2 Å². The Bertz CT molecular complexity index is 420. The lowest BCUT2D eigenvalue weighted by atomic mass is 10.0. The van der Waals surface area contributed by atoms with E-state index in [9.17, 15) is 4.79 Å². The summed E-state index contributed by atoms with van der Waals surface area (Å²) in [4.78, 5) is 14.1. The molecule has 2 heterocycles. The first-order valence-electron chi connectivity index (χ1n) is 6.44. The zero-order chi connectivity index (χ0) is 13.3. The first-order chi connectivity index (χ1) is 8.49. The molecule has 2 atom stereocenters. The van der Waals surface area contributed by atoms with Crippen LogP contribution in [0.4, 0.5) is 0 Å². The first kappa shape index (κ1) is 13.1. The molecule has 1 amide bonds. The van der Waals surface area contributed by atoms with Crippen LogP contribution >= 0.6 is 0 Å². The molecule has 18 heavy (non-hydrogen) atoms. The minimum Gasteiger partial charge on any atom is -0.361 e. The molecule has 100 valence electrons. The Hall–Kier alpha value is -1.36. The number of nitrogens with zero attached hydrogens (tertiary/aromatic N) is 2. The van der Waals surface area contributed by atoms with E-state index in [0.29, 0.717) is 12.3 Å². The molecule has 2 unspecified atom stereocenters. The number of amides is 1. The Morgan fingerprint density at radius 1 is 1.61 bits per heavy atom. The average Bonchev–Trinajstić information content (AvgIpc) is 2.91. The normalized spacial score (nSPS) is 21.3. The van der Waals surface area contributed by atoms with Crippen molar-refractivity contribution in [3.05, 3.63) is 17.0 Å². The van der Waals surface area contributed by atoms with Crippen LogP contribution in [0.5, 0.6) is 0 Å². The summed E-state index contributed by atoms with van der Waals surface area (Å²) < 4.78 is 5.08. The van der Waals surface area contributed by atoms with Crippen LogP contribution in [0, 0.1) is 19.8 Å². The van der Waals surface area contributed by atoms with Gasteiger partial charge in [0.15, 0.2) is 0 Å². The Labute approximate surface area is 107 Å². The summed E-state index contributed by atoms with van der Waals surface area (Å²) in [7, 11) is 0.